The fourth-order valence-corrected chi connectivity index (χ4v) is 2.80. The zero-order valence-electron chi connectivity index (χ0n) is 12.6. The van der Waals surface area contributed by atoms with Crippen molar-refractivity contribution in [1.82, 2.24) is 14.9 Å². The summed E-state index contributed by atoms with van der Waals surface area (Å²) in [6, 6.07) is 6.09. The number of nitrogens with zero attached hydrogens (tertiary/aromatic N) is 2. The summed E-state index contributed by atoms with van der Waals surface area (Å²) in [7, 11) is 0. The summed E-state index contributed by atoms with van der Waals surface area (Å²) in [5.74, 6) is -0.740. The standard InChI is InChI=1S/C16H12N4O4/c1-2-11-18-9-4-3-7(5-10(9)24-11)20-12(21)6-8-13(14(20)17)16(23)19-15(8)22/h3-6H,2,17H2,1H3,(H,19,22,23). The summed E-state index contributed by atoms with van der Waals surface area (Å²) in [5.41, 5.74) is 7.09. The number of carbonyl (C=O) groups excluding carboxylic acids is 2. The number of carbonyl (C=O) groups is 2. The van der Waals surface area contributed by atoms with Crippen molar-refractivity contribution >= 4 is 28.7 Å². The Bertz CT molecular complexity index is 1090. The number of imide groups is 1. The van der Waals surface area contributed by atoms with Gasteiger partial charge in [-0.2, -0.15) is 0 Å². The quantitative estimate of drug-likeness (QED) is 0.679. The van der Waals surface area contributed by atoms with Gasteiger partial charge in [0.05, 0.1) is 16.8 Å². The van der Waals surface area contributed by atoms with Gasteiger partial charge < -0.3 is 10.2 Å². The summed E-state index contributed by atoms with van der Waals surface area (Å²) < 4.78 is 6.76. The third kappa shape index (κ3) is 1.86. The molecule has 1 aliphatic rings. The number of nitrogens with one attached hydrogen (secondary N) is 1. The topological polar surface area (TPSA) is 120 Å². The van der Waals surface area contributed by atoms with Crippen LogP contribution in [0.1, 0.15) is 33.5 Å². The van der Waals surface area contributed by atoms with Gasteiger partial charge in [0.15, 0.2) is 11.5 Å². The Hall–Kier alpha value is -3.42. The number of hydrogen-bond donors (Lipinski definition) is 2. The Labute approximate surface area is 134 Å². The van der Waals surface area contributed by atoms with Crippen molar-refractivity contribution in [3.05, 3.63) is 51.6 Å². The average molecular weight is 324 g/mol. The molecule has 2 amide bonds. The lowest BCUT2D eigenvalue weighted by Gasteiger charge is -2.11. The molecule has 8 heteroatoms. The van der Waals surface area contributed by atoms with E-state index in [1.54, 1.807) is 18.2 Å². The first-order valence-electron chi connectivity index (χ1n) is 7.30. The van der Waals surface area contributed by atoms with E-state index in [4.69, 9.17) is 10.2 Å². The Balaban J connectivity index is 1.97. The summed E-state index contributed by atoms with van der Waals surface area (Å²) in [5, 5.41) is 2.13. The van der Waals surface area contributed by atoms with Crippen LogP contribution in [-0.2, 0) is 6.42 Å². The minimum absolute atomic E-state index is 0.00603. The monoisotopic (exact) mass is 324 g/mol. The van der Waals surface area contributed by atoms with Crippen LogP contribution in [0.3, 0.4) is 0 Å². The van der Waals surface area contributed by atoms with Gasteiger partial charge in [0, 0.05) is 18.6 Å². The number of rotatable bonds is 2. The maximum Gasteiger partial charge on any atom is 0.262 e. The smallest absolute Gasteiger partial charge is 0.262 e. The van der Waals surface area contributed by atoms with Crippen molar-refractivity contribution in [2.75, 3.05) is 5.73 Å². The number of nitrogen functional groups attached to an aromatic ring is 1. The second-order valence-corrected chi connectivity index (χ2v) is 5.39. The highest BCUT2D eigenvalue weighted by Crippen LogP contribution is 2.25. The molecule has 24 heavy (non-hydrogen) atoms. The number of anilines is 1. The first-order chi connectivity index (χ1) is 11.5. The molecular formula is C16H12N4O4. The van der Waals surface area contributed by atoms with Crippen LogP contribution in [0.15, 0.2) is 33.5 Å². The summed E-state index contributed by atoms with van der Waals surface area (Å²) in [6.07, 6.45) is 0.646. The molecule has 4 rings (SSSR count). The van der Waals surface area contributed by atoms with Gasteiger partial charge in [0.1, 0.15) is 11.3 Å². The molecule has 0 bridgehead atoms. The number of nitrogens with two attached hydrogens (primary N) is 1. The lowest BCUT2D eigenvalue weighted by molar-refractivity contribution is 0.0880. The van der Waals surface area contributed by atoms with Gasteiger partial charge in [0.2, 0.25) is 0 Å². The molecule has 0 atom stereocenters. The molecule has 1 aliphatic heterocycles. The third-order valence-corrected chi connectivity index (χ3v) is 3.93. The predicted molar refractivity (Wildman–Crippen MR) is 85.2 cm³/mol. The minimum Gasteiger partial charge on any atom is -0.441 e. The average Bonchev–Trinajstić information content (AvgIpc) is 3.07. The number of fused-ring (bicyclic) bond motifs is 2. The van der Waals surface area contributed by atoms with E-state index < -0.39 is 17.4 Å². The number of aryl methyl sites for hydroxylation is 1. The normalized spacial score (nSPS) is 13.4. The number of benzene rings is 1. The van der Waals surface area contributed by atoms with Crippen LogP contribution >= 0.6 is 0 Å². The molecule has 2 aromatic heterocycles. The summed E-state index contributed by atoms with van der Waals surface area (Å²) in [4.78, 5) is 40.3. The molecule has 120 valence electrons. The number of hydrogen-bond acceptors (Lipinski definition) is 6. The van der Waals surface area contributed by atoms with Crippen molar-refractivity contribution in [1.29, 1.82) is 0 Å². The molecule has 0 spiro atoms. The molecular weight excluding hydrogens is 312 g/mol. The van der Waals surface area contributed by atoms with E-state index in [1.807, 2.05) is 6.92 Å². The highest BCUT2D eigenvalue weighted by atomic mass is 16.3. The van der Waals surface area contributed by atoms with Crippen LogP contribution in [-0.4, -0.2) is 21.4 Å². The maximum atomic E-state index is 12.4. The minimum atomic E-state index is -0.621. The van der Waals surface area contributed by atoms with Crippen molar-refractivity contribution in [3.63, 3.8) is 0 Å². The molecule has 8 nitrogen and oxygen atoms in total. The summed E-state index contributed by atoms with van der Waals surface area (Å²) in [6.45, 7) is 1.92. The molecule has 3 aromatic rings. The lowest BCUT2D eigenvalue weighted by atomic mass is 10.1. The first-order valence-corrected chi connectivity index (χ1v) is 7.30. The van der Waals surface area contributed by atoms with E-state index in [9.17, 15) is 14.4 Å². The fourth-order valence-electron chi connectivity index (χ4n) is 2.80. The predicted octanol–water partition coefficient (Wildman–Crippen LogP) is 1.01. The van der Waals surface area contributed by atoms with Crippen molar-refractivity contribution in [2.24, 2.45) is 0 Å². The van der Waals surface area contributed by atoms with E-state index in [1.165, 1.54) is 4.57 Å². The second kappa shape index (κ2) is 4.79. The Morgan fingerprint density at radius 2 is 2.00 bits per heavy atom. The number of amides is 2. The van der Waals surface area contributed by atoms with Crippen LogP contribution in [0.5, 0.6) is 0 Å². The molecule has 0 saturated heterocycles. The summed E-state index contributed by atoms with van der Waals surface area (Å²) >= 11 is 0. The van der Waals surface area contributed by atoms with Crippen LogP contribution < -0.4 is 16.6 Å². The van der Waals surface area contributed by atoms with Crippen molar-refractivity contribution in [2.45, 2.75) is 13.3 Å². The van der Waals surface area contributed by atoms with Gasteiger partial charge in [-0.3, -0.25) is 24.3 Å². The third-order valence-electron chi connectivity index (χ3n) is 3.93. The van der Waals surface area contributed by atoms with Crippen molar-refractivity contribution < 1.29 is 14.0 Å². The van der Waals surface area contributed by atoms with Crippen LogP contribution in [0.4, 0.5) is 5.82 Å². The van der Waals surface area contributed by atoms with Crippen LogP contribution in [0.25, 0.3) is 16.8 Å². The van der Waals surface area contributed by atoms with E-state index in [2.05, 4.69) is 10.3 Å². The largest absolute Gasteiger partial charge is 0.441 e. The Morgan fingerprint density at radius 1 is 1.21 bits per heavy atom. The molecule has 3 heterocycles. The Kier molecular flexibility index (Phi) is 2.83. The van der Waals surface area contributed by atoms with E-state index >= 15 is 0 Å². The van der Waals surface area contributed by atoms with Crippen LogP contribution in [0.2, 0.25) is 0 Å². The van der Waals surface area contributed by atoms with Gasteiger partial charge in [-0.1, -0.05) is 6.92 Å². The first kappa shape index (κ1) is 14.2. The highest BCUT2D eigenvalue weighted by molar-refractivity contribution is 6.23. The van der Waals surface area contributed by atoms with Gasteiger partial charge in [-0.15, -0.1) is 0 Å². The molecule has 0 saturated carbocycles. The van der Waals surface area contributed by atoms with Gasteiger partial charge in [-0.05, 0) is 12.1 Å². The maximum absolute atomic E-state index is 12.4. The van der Waals surface area contributed by atoms with Gasteiger partial charge in [-0.25, -0.2) is 4.98 Å². The SMILES string of the molecule is CCc1nc2ccc(-n3c(N)c4c(cc3=O)C(=O)NC4=O)cc2o1. The molecule has 0 fully saturated rings. The van der Waals surface area contributed by atoms with Gasteiger partial charge >= 0.3 is 0 Å². The Morgan fingerprint density at radius 3 is 2.75 bits per heavy atom. The van der Waals surface area contributed by atoms with E-state index in [0.29, 0.717) is 29.1 Å². The molecule has 0 aliphatic carbocycles. The van der Waals surface area contributed by atoms with Crippen molar-refractivity contribution in [3.8, 4) is 5.69 Å². The second-order valence-electron chi connectivity index (χ2n) is 5.39. The molecule has 0 unspecified atom stereocenters. The van der Waals surface area contributed by atoms with Crippen LogP contribution in [0, 0.1) is 0 Å². The van der Waals surface area contributed by atoms with E-state index in [0.717, 1.165) is 6.07 Å². The molecule has 0 radical (unpaired) electrons. The molecule has 1 aromatic carbocycles. The lowest BCUT2D eigenvalue weighted by Crippen LogP contribution is -2.24. The highest BCUT2D eigenvalue weighted by Gasteiger charge is 2.31. The van der Waals surface area contributed by atoms with E-state index in [-0.39, 0.29) is 16.9 Å². The van der Waals surface area contributed by atoms with Gasteiger partial charge in [0.25, 0.3) is 17.4 Å². The number of pyridine rings is 1. The molecule has 3 N–H and O–H groups in total. The number of oxazole rings is 1. The number of aromatic nitrogens is 2. The zero-order valence-corrected chi connectivity index (χ0v) is 12.6. The zero-order chi connectivity index (χ0) is 17.0. The fraction of sp³-hybridized carbons (Fsp3) is 0.125.